The number of aromatic nitrogens is 5. The van der Waals surface area contributed by atoms with E-state index in [4.69, 9.17) is 21.5 Å². The van der Waals surface area contributed by atoms with E-state index in [0.29, 0.717) is 23.4 Å². The Morgan fingerprint density at radius 1 is 0.310 bits per heavy atom. The van der Waals surface area contributed by atoms with Crippen molar-refractivity contribution >= 4 is 78.1 Å². The summed E-state index contributed by atoms with van der Waals surface area (Å²) in [6.07, 6.45) is 0. The third-order valence-corrected chi connectivity index (χ3v) is 18.7. The first-order valence-corrected chi connectivity index (χ1v) is 25.8. The maximum Gasteiger partial charge on any atom is 0.240 e. The molecule has 0 atom stereocenters. The molecule has 332 valence electrons. The zero-order chi connectivity index (χ0) is 47.3. The van der Waals surface area contributed by atoms with E-state index in [1.54, 1.807) is 0 Å². The molecule has 13 aromatic rings. The van der Waals surface area contributed by atoms with Crippen LogP contribution >= 0.6 is 0 Å². The SMILES string of the molecule is [C-]#[N+]c1ccc2c(c1)c1ccccc1n2-c1nc(-c2cccc([Si](c3ccccc3)(c3cccc(-c4ccccc4)c3)c3cccc(-c4ccccc4)c3)c2)nc(-n2c3ccccc3c3ccccc32)n1. The average Bonchev–Trinajstić information content (AvgIpc) is 3.97. The summed E-state index contributed by atoms with van der Waals surface area (Å²) in [5.41, 5.74) is 9.97. The highest BCUT2D eigenvalue weighted by molar-refractivity contribution is 7.20. The van der Waals surface area contributed by atoms with Crippen LogP contribution in [0.5, 0.6) is 0 Å². The van der Waals surface area contributed by atoms with Crippen LogP contribution in [0.2, 0.25) is 0 Å². The van der Waals surface area contributed by atoms with Crippen molar-refractivity contribution in [1.29, 1.82) is 0 Å². The average molecular weight is 923 g/mol. The van der Waals surface area contributed by atoms with Gasteiger partial charge in [0, 0.05) is 21.7 Å². The van der Waals surface area contributed by atoms with Gasteiger partial charge >= 0.3 is 0 Å². The number of rotatable bonds is 9. The third kappa shape index (κ3) is 6.96. The predicted molar refractivity (Wildman–Crippen MR) is 295 cm³/mol. The lowest BCUT2D eigenvalue weighted by Crippen LogP contribution is -2.74. The van der Waals surface area contributed by atoms with Crippen LogP contribution in [-0.2, 0) is 0 Å². The monoisotopic (exact) mass is 922 g/mol. The maximum absolute atomic E-state index is 7.87. The second-order valence-electron chi connectivity index (χ2n) is 17.9. The minimum atomic E-state index is -3.19. The lowest BCUT2D eigenvalue weighted by atomic mass is 10.1. The van der Waals surface area contributed by atoms with Crippen LogP contribution in [0.4, 0.5) is 5.69 Å². The Morgan fingerprint density at radius 3 is 1.18 bits per heavy atom. The number of hydrogen-bond acceptors (Lipinski definition) is 3. The Labute approximate surface area is 411 Å². The van der Waals surface area contributed by atoms with Gasteiger partial charge in [0.05, 0.1) is 28.6 Å². The fraction of sp³-hybridized carbons (Fsp3) is 0. The summed E-state index contributed by atoms with van der Waals surface area (Å²) in [6, 6.07) is 90.8. The van der Waals surface area contributed by atoms with Crippen molar-refractivity contribution in [3.05, 3.63) is 266 Å². The van der Waals surface area contributed by atoms with Crippen molar-refractivity contribution in [3.8, 4) is 45.5 Å². The van der Waals surface area contributed by atoms with Gasteiger partial charge in [0.2, 0.25) is 11.9 Å². The molecular formula is C64H42N6Si. The number of fused-ring (bicyclic) bond motifs is 6. The molecule has 0 aliphatic rings. The van der Waals surface area contributed by atoms with Gasteiger partial charge in [0.25, 0.3) is 0 Å². The fourth-order valence-corrected chi connectivity index (χ4v) is 15.6. The Bertz CT molecular complexity index is 4060. The first-order chi connectivity index (χ1) is 35.2. The summed E-state index contributed by atoms with van der Waals surface area (Å²) in [5, 5.41) is 9.20. The van der Waals surface area contributed by atoms with Crippen LogP contribution in [-0.4, -0.2) is 32.2 Å². The molecule has 10 aromatic carbocycles. The van der Waals surface area contributed by atoms with Crippen molar-refractivity contribution in [2.75, 3.05) is 0 Å². The number of nitrogens with zero attached hydrogens (tertiary/aromatic N) is 6. The standard InChI is InChI=1S/C64H42N6Si/c1-65-49-38-39-61-57(43-49)56-34-13-16-37-60(56)70(61)64-67-62(66-63(68-64)69-58-35-14-11-32-54(58)55-33-12-15-36-59(55)69)48-26-19-31-53(42-48)71(50-27-9-4-10-28-50,51-29-17-24-46(40-51)44-20-5-2-6-21-44)52-30-18-25-47(41-52)45-22-7-3-8-23-45/h2-43H. The highest BCUT2D eigenvalue weighted by Gasteiger charge is 2.42. The van der Waals surface area contributed by atoms with Gasteiger partial charge in [-0.05, 0) is 78.7 Å². The van der Waals surface area contributed by atoms with Gasteiger partial charge in [-0.25, -0.2) is 4.85 Å². The minimum Gasteiger partial charge on any atom is -0.278 e. The Morgan fingerprint density at radius 2 is 0.690 bits per heavy atom. The van der Waals surface area contributed by atoms with E-state index in [9.17, 15) is 0 Å². The van der Waals surface area contributed by atoms with Crippen LogP contribution in [0.3, 0.4) is 0 Å². The molecule has 0 aliphatic carbocycles. The van der Waals surface area contributed by atoms with E-state index in [1.807, 2.05) is 30.3 Å². The van der Waals surface area contributed by atoms with Gasteiger partial charge in [-0.2, -0.15) is 15.0 Å². The molecule has 0 aliphatic heterocycles. The van der Waals surface area contributed by atoms with Crippen LogP contribution in [0, 0.1) is 6.57 Å². The van der Waals surface area contributed by atoms with Crippen molar-refractivity contribution in [2.24, 2.45) is 0 Å². The van der Waals surface area contributed by atoms with E-state index >= 15 is 0 Å². The van der Waals surface area contributed by atoms with Crippen LogP contribution in [0.15, 0.2) is 255 Å². The topological polar surface area (TPSA) is 52.9 Å². The van der Waals surface area contributed by atoms with E-state index < -0.39 is 8.07 Å². The van der Waals surface area contributed by atoms with Crippen molar-refractivity contribution in [2.45, 2.75) is 0 Å². The molecule has 71 heavy (non-hydrogen) atoms. The molecule has 0 saturated carbocycles. The smallest absolute Gasteiger partial charge is 0.240 e. The second-order valence-corrected chi connectivity index (χ2v) is 21.7. The molecule has 3 aromatic heterocycles. The maximum atomic E-state index is 7.87. The van der Waals surface area contributed by atoms with Gasteiger partial charge in [0.15, 0.2) is 19.6 Å². The summed E-state index contributed by atoms with van der Waals surface area (Å²) in [5.74, 6) is 1.54. The Hall–Kier alpha value is -9.48. The van der Waals surface area contributed by atoms with E-state index in [0.717, 1.165) is 49.2 Å². The molecule has 0 radical (unpaired) electrons. The molecule has 0 N–H and O–H groups in total. The molecule has 0 fully saturated rings. The van der Waals surface area contributed by atoms with E-state index in [2.05, 4.69) is 238 Å². The van der Waals surface area contributed by atoms with Crippen molar-refractivity contribution in [1.82, 2.24) is 24.1 Å². The zero-order valence-corrected chi connectivity index (χ0v) is 39.4. The Kier molecular flexibility index (Phi) is 10.1. The summed E-state index contributed by atoms with van der Waals surface area (Å²) >= 11 is 0. The van der Waals surface area contributed by atoms with Gasteiger partial charge in [-0.3, -0.25) is 9.13 Å². The second kappa shape index (κ2) is 17.2. The summed E-state index contributed by atoms with van der Waals surface area (Å²) in [7, 11) is -3.19. The lowest BCUT2D eigenvalue weighted by Gasteiger charge is -2.35. The third-order valence-electron chi connectivity index (χ3n) is 13.9. The first kappa shape index (κ1) is 41.7. The molecule has 13 rings (SSSR count). The molecular weight excluding hydrogens is 881 g/mol. The molecule has 0 spiro atoms. The molecule has 0 saturated heterocycles. The van der Waals surface area contributed by atoms with Gasteiger partial charge in [-0.15, -0.1) is 0 Å². The number of benzene rings is 10. The highest BCUT2D eigenvalue weighted by atomic mass is 28.3. The molecule has 0 bridgehead atoms. The summed E-state index contributed by atoms with van der Waals surface area (Å²) in [6.45, 7) is 7.87. The van der Waals surface area contributed by atoms with Crippen molar-refractivity contribution < 1.29 is 0 Å². The fourth-order valence-electron chi connectivity index (χ4n) is 10.8. The minimum absolute atomic E-state index is 0.483. The first-order valence-electron chi connectivity index (χ1n) is 23.8. The molecule has 3 heterocycles. The van der Waals surface area contributed by atoms with E-state index in [1.165, 1.54) is 43.0 Å². The molecule has 6 nitrogen and oxygen atoms in total. The quantitative estimate of drug-likeness (QED) is 0.0823. The molecule has 0 unspecified atom stereocenters. The summed E-state index contributed by atoms with van der Waals surface area (Å²) < 4.78 is 4.29. The van der Waals surface area contributed by atoms with Gasteiger partial charge in [0.1, 0.15) is 0 Å². The predicted octanol–water partition coefficient (Wildman–Crippen LogP) is 13.0. The van der Waals surface area contributed by atoms with Gasteiger partial charge in [-0.1, -0.05) is 224 Å². The van der Waals surface area contributed by atoms with Crippen LogP contribution < -0.4 is 20.7 Å². The van der Waals surface area contributed by atoms with E-state index in [-0.39, 0.29) is 0 Å². The van der Waals surface area contributed by atoms with Crippen LogP contribution in [0.25, 0.3) is 94.0 Å². The normalized spacial score (nSPS) is 11.6. The zero-order valence-electron chi connectivity index (χ0n) is 38.4. The largest absolute Gasteiger partial charge is 0.278 e. The van der Waals surface area contributed by atoms with Crippen molar-refractivity contribution in [3.63, 3.8) is 0 Å². The van der Waals surface area contributed by atoms with Gasteiger partial charge < -0.3 is 0 Å². The number of hydrogen-bond donors (Lipinski definition) is 0. The Balaban J connectivity index is 1.11. The summed E-state index contributed by atoms with van der Waals surface area (Å²) in [4.78, 5) is 20.2. The molecule has 7 heteroatoms. The van der Waals surface area contributed by atoms with Crippen LogP contribution in [0.1, 0.15) is 0 Å². The molecule has 0 amide bonds. The number of para-hydroxylation sites is 3. The highest BCUT2D eigenvalue weighted by Crippen LogP contribution is 2.36. The lowest BCUT2D eigenvalue weighted by molar-refractivity contribution is 0.893.